The van der Waals surface area contributed by atoms with Gasteiger partial charge in [-0.2, -0.15) is 0 Å². The minimum atomic E-state index is 0.385. The van der Waals surface area contributed by atoms with E-state index in [1.807, 2.05) is 37.0 Å². The third-order valence-corrected chi connectivity index (χ3v) is 5.58. The van der Waals surface area contributed by atoms with E-state index in [9.17, 15) is 0 Å². The third-order valence-electron chi connectivity index (χ3n) is 3.14. The Morgan fingerprint density at radius 1 is 1.10 bits per heavy atom. The third kappa shape index (κ3) is 5.50. The maximum atomic E-state index is 6.07. The zero-order valence-electron chi connectivity index (χ0n) is 11.6. The Hall–Kier alpha value is -0.190. The van der Waals surface area contributed by atoms with E-state index in [-0.39, 0.29) is 0 Å². The Bertz CT molecular complexity index is 589. The standard InChI is InChI=1S/C16H16BrCl2NS/c1-20-13(8-11-2-7-15(18)16(19)9-11)10-21-14-5-3-12(17)4-6-14/h2-7,9,13,20H,8,10H2,1H3. The van der Waals surface area contributed by atoms with Crippen molar-refractivity contribution >= 4 is 50.9 Å². The second-order valence-corrected chi connectivity index (χ2v) is 7.53. The fourth-order valence-corrected chi connectivity index (χ4v) is 3.51. The maximum absolute atomic E-state index is 6.07. The van der Waals surface area contributed by atoms with Crippen molar-refractivity contribution in [3.05, 3.63) is 62.5 Å². The SMILES string of the molecule is CNC(CSc1ccc(Br)cc1)Cc1ccc(Cl)c(Cl)c1. The van der Waals surface area contributed by atoms with Crippen molar-refractivity contribution < 1.29 is 0 Å². The summed E-state index contributed by atoms with van der Waals surface area (Å²) in [6.07, 6.45) is 0.927. The molecular formula is C16H16BrCl2NS. The highest BCUT2D eigenvalue weighted by atomic mass is 79.9. The van der Waals surface area contributed by atoms with Gasteiger partial charge in [0.05, 0.1) is 10.0 Å². The molecule has 2 aromatic rings. The summed E-state index contributed by atoms with van der Waals surface area (Å²) in [6.45, 7) is 0. The van der Waals surface area contributed by atoms with Gasteiger partial charge in [-0.1, -0.05) is 45.2 Å². The summed E-state index contributed by atoms with van der Waals surface area (Å²) in [7, 11) is 1.99. The number of nitrogens with one attached hydrogen (secondary N) is 1. The lowest BCUT2D eigenvalue weighted by molar-refractivity contribution is 0.617. The van der Waals surface area contributed by atoms with Gasteiger partial charge in [0.1, 0.15) is 0 Å². The number of benzene rings is 2. The van der Waals surface area contributed by atoms with Gasteiger partial charge in [0.25, 0.3) is 0 Å². The minimum Gasteiger partial charge on any atom is -0.316 e. The van der Waals surface area contributed by atoms with Gasteiger partial charge >= 0.3 is 0 Å². The lowest BCUT2D eigenvalue weighted by Gasteiger charge is -2.16. The zero-order chi connectivity index (χ0) is 15.2. The van der Waals surface area contributed by atoms with Crippen LogP contribution in [-0.4, -0.2) is 18.8 Å². The van der Waals surface area contributed by atoms with Crippen molar-refractivity contribution in [3.8, 4) is 0 Å². The van der Waals surface area contributed by atoms with Crippen molar-refractivity contribution in [2.45, 2.75) is 17.4 Å². The highest BCUT2D eigenvalue weighted by molar-refractivity contribution is 9.10. The van der Waals surface area contributed by atoms with Gasteiger partial charge in [-0.3, -0.25) is 0 Å². The fraction of sp³-hybridized carbons (Fsp3) is 0.250. The number of thioether (sulfide) groups is 1. The molecule has 5 heteroatoms. The Morgan fingerprint density at radius 3 is 2.43 bits per heavy atom. The normalized spacial score (nSPS) is 12.4. The first-order chi connectivity index (χ1) is 10.1. The molecule has 112 valence electrons. The van der Waals surface area contributed by atoms with Crippen molar-refractivity contribution in [1.29, 1.82) is 0 Å². The van der Waals surface area contributed by atoms with Gasteiger partial charge in [0.2, 0.25) is 0 Å². The van der Waals surface area contributed by atoms with E-state index in [4.69, 9.17) is 23.2 Å². The first-order valence-corrected chi connectivity index (χ1v) is 9.11. The summed E-state index contributed by atoms with van der Waals surface area (Å²) in [5, 5.41) is 4.58. The van der Waals surface area contributed by atoms with Crippen molar-refractivity contribution in [3.63, 3.8) is 0 Å². The molecule has 0 bridgehead atoms. The summed E-state index contributed by atoms with van der Waals surface area (Å²) in [6, 6.07) is 14.6. The second kappa shape index (κ2) is 8.44. The summed E-state index contributed by atoms with van der Waals surface area (Å²) < 4.78 is 1.10. The molecule has 0 radical (unpaired) electrons. The quantitative estimate of drug-likeness (QED) is 0.621. The maximum Gasteiger partial charge on any atom is 0.0595 e. The highest BCUT2D eigenvalue weighted by Gasteiger charge is 2.09. The lowest BCUT2D eigenvalue weighted by atomic mass is 10.1. The Kier molecular flexibility index (Phi) is 6.90. The first kappa shape index (κ1) is 17.2. The largest absolute Gasteiger partial charge is 0.316 e. The van der Waals surface area contributed by atoms with E-state index in [1.165, 1.54) is 10.5 Å². The predicted octanol–water partition coefficient (Wildman–Crippen LogP) is 5.68. The highest BCUT2D eigenvalue weighted by Crippen LogP contribution is 2.25. The number of hydrogen-bond donors (Lipinski definition) is 1. The van der Waals surface area contributed by atoms with E-state index in [0.717, 1.165) is 16.6 Å². The van der Waals surface area contributed by atoms with Gasteiger partial charge in [0.15, 0.2) is 0 Å². The van der Waals surface area contributed by atoms with Gasteiger partial charge in [0, 0.05) is 21.2 Å². The van der Waals surface area contributed by atoms with E-state index < -0.39 is 0 Å². The molecule has 0 heterocycles. The van der Waals surface area contributed by atoms with Crippen LogP contribution in [0.3, 0.4) is 0 Å². The molecule has 0 fully saturated rings. The Balaban J connectivity index is 1.93. The van der Waals surface area contributed by atoms with Crippen molar-refractivity contribution in [1.82, 2.24) is 5.32 Å². The molecule has 0 saturated heterocycles. The van der Waals surface area contributed by atoms with Crippen LogP contribution >= 0.6 is 50.9 Å². The Labute approximate surface area is 148 Å². The zero-order valence-corrected chi connectivity index (χ0v) is 15.5. The van der Waals surface area contributed by atoms with E-state index >= 15 is 0 Å². The molecule has 1 atom stereocenters. The van der Waals surface area contributed by atoms with Crippen LogP contribution in [0.5, 0.6) is 0 Å². The molecule has 1 unspecified atom stereocenters. The van der Waals surface area contributed by atoms with Gasteiger partial charge in [-0.05, 0) is 55.4 Å². The molecule has 0 aromatic heterocycles. The van der Waals surface area contributed by atoms with Crippen LogP contribution in [0.2, 0.25) is 10.0 Å². The number of hydrogen-bond acceptors (Lipinski definition) is 2. The van der Waals surface area contributed by atoms with E-state index in [1.54, 1.807) is 0 Å². The van der Waals surface area contributed by atoms with Crippen LogP contribution in [0.15, 0.2) is 51.8 Å². The second-order valence-electron chi connectivity index (χ2n) is 4.70. The van der Waals surface area contributed by atoms with Gasteiger partial charge < -0.3 is 5.32 Å². The summed E-state index contributed by atoms with van der Waals surface area (Å²) >= 11 is 17.3. The van der Waals surface area contributed by atoms with Crippen molar-refractivity contribution in [2.75, 3.05) is 12.8 Å². The molecule has 2 aromatic carbocycles. The van der Waals surface area contributed by atoms with Crippen LogP contribution < -0.4 is 5.32 Å². The summed E-state index contributed by atoms with van der Waals surface area (Å²) in [5.41, 5.74) is 1.19. The van der Waals surface area contributed by atoms with Crippen LogP contribution in [-0.2, 0) is 6.42 Å². The predicted molar refractivity (Wildman–Crippen MR) is 97.9 cm³/mol. The van der Waals surface area contributed by atoms with Crippen molar-refractivity contribution in [2.24, 2.45) is 0 Å². The molecule has 0 aliphatic carbocycles. The van der Waals surface area contributed by atoms with Crippen LogP contribution in [0.25, 0.3) is 0 Å². The number of likely N-dealkylation sites (N-methyl/N-ethyl adjacent to an activating group) is 1. The smallest absolute Gasteiger partial charge is 0.0595 e. The number of rotatable bonds is 6. The molecule has 21 heavy (non-hydrogen) atoms. The molecule has 2 rings (SSSR count). The topological polar surface area (TPSA) is 12.0 Å². The summed E-state index contributed by atoms with van der Waals surface area (Å²) in [4.78, 5) is 1.27. The van der Waals surface area contributed by atoms with E-state index in [0.29, 0.717) is 16.1 Å². The fourth-order valence-electron chi connectivity index (χ4n) is 1.92. The molecule has 0 spiro atoms. The molecule has 0 aliphatic rings. The van der Waals surface area contributed by atoms with Gasteiger partial charge in [-0.15, -0.1) is 11.8 Å². The molecule has 0 saturated carbocycles. The monoisotopic (exact) mass is 403 g/mol. The van der Waals surface area contributed by atoms with Gasteiger partial charge in [-0.25, -0.2) is 0 Å². The molecular weight excluding hydrogens is 389 g/mol. The summed E-state index contributed by atoms with van der Waals surface area (Å²) in [5.74, 6) is 0.998. The molecule has 1 nitrogen and oxygen atoms in total. The molecule has 0 aliphatic heterocycles. The average Bonchev–Trinajstić information content (AvgIpc) is 2.49. The molecule has 1 N–H and O–H groups in total. The Morgan fingerprint density at radius 2 is 1.81 bits per heavy atom. The lowest BCUT2D eigenvalue weighted by Crippen LogP contribution is -2.30. The van der Waals surface area contributed by atoms with Crippen LogP contribution in [0.1, 0.15) is 5.56 Å². The van der Waals surface area contributed by atoms with E-state index in [2.05, 4.69) is 45.5 Å². The minimum absolute atomic E-state index is 0.385. The molecule has 0 amide bonds. The van der Waals surface area contributed by atoms with Crippen LogP contribution in [0, 0.1) is 0 Å². The first-order valence-electron chi connectivity index (χ1n) is 6.58. The number of halogens is 3. The average molecular weight is 405 g/mol. The van der Waals surface area contributed by atoms with Crippen LogP contribution in [0.4, 0.5) is 0 Å².